The average Bonchev–Trinajstić information content (AvgIpc) is 4.03. The number of benzene rings is 12. The van der Waals surface area contributed by atoms with Crippen molar-refractivity contribution in [3.63, 3.8) is 0 Å². The molecule has 75 heavy (non-hydrogen) atoms. The molecular weight excluding hydrogens is 907 g/mol. The average molecular weight is 956 g/mol. The lowest BCUT2D eigenvalue weighted by Gasteiger charge is -2.26. The fourth-order valence-electron chi connectivity index (χ4n) is 11.3. The maximum atomic E-state index is 2.39. The standard InChI is InChI=1S/C72H49N3/c1-2-16-50(17-3-1)54-18-12-20-56(46-54)57-21-13-19-55(47-57)51-34-40-60(41-35-51)73(61-42-36-52(37-43-61)58-22-14-24-63(48-58)74-69-30-8-4-26-65(69)66-27-5-9-31-70(66)74)62-44-38-53(39-45-62)59-23-15-25-64(49-59)75-71-32-10-6-28-67(71)68-29-7-11-33-72(68)75/h1-49H. The molecule has 0 aliphatic carbocycles. The minimum atomic E-state index is 1.08. The molecule has 0 spiro atoms. The van der Waals surface area contributed by atoms with Crippen LogP contribution < -0.4 is 4.90 Å². The van der Waals surface area contributed by atoms with E-state index in [1.165, 1.54) is 82.6 Å². The van der Waals surface area contributed by atoms with Crippen LogP contribution in [0.4, 0.5) is 17.1 Å². The van der Waals surface area contributed by atoms with Gasteiger partial charge in [-0.1, -0.05) is 200 Å². The molecule has 3 nitrogen and oxygen atoms in total. The first-order chi connectivity index (χ1) is 37.2. The normalized spacial score (nSPS) is 11.5. The number of aromatic nitrogens is 2. The molecule has 0 saturated carbocycles. The van der Waals surface area contributed by atoms with Crippen molar-refractivity contribution in [2.24, 2.45) is 0 Å². The SMILES string of the molecule is c1ccc(-c2cccc(-c3cccc(-c4ccc(N(c5ccc(-c6cccc(-n7c8ccccc8c8ccccc87)c6)cc5)c5ccc(-c6cccc(-n7c8ccccc8c8ccccc87)c6)cc5)cc4)c3)c2)cc1. The van der Waals surface area contributed by atoms with Gasteiger partial charge in [0.2, 0.25) is 0 Å². The van der Waals surface area contributed by atoms with Gasteiger partial charge in [0.15, 0.2) is 0 Å². The van der Waals surface area contributed by atoms with Crippen LogP contribution in [0.25, 0.3) is 111 Å². The van der Waals surface area contributed by atoms with Crippen LogP contribution in [0.5, 0.6) is 0 Å². The molecule has 0 unspecified atom stereocenters. The van der Waals surface area contributed by atoms with Crippen LogP contribution in [0.15, 0.2) is 297 Å². The zero-order valence-electron chi connectivity index (χ0n) is 41.1. The van der Waals surface area contributed by atoms with Crippen molar-refractivity contribution in [3.05, 3.63) is 297 Å². The minimum Gasteiger partial charge on any atom is -0.311 e. The Morgan fingerprint density at radius 2 is 0.440 bits per heavy atom. The fraction of sp³-hybridized carbons (Fsp3) is 0. The van der Waals surface area contributed by atoms with Crippen molar-refractivity contribution in [2.75, 3.05) is 4.90 Å². The van der Waals surface area contributed by atoms with Crippen LogP contribution in [-0.2, 0) is 0 Å². The molecule has 12 aromatic carbocycles. The zero-order chi connectivity index (χ0) is 49.7. The van der Waals surface area contributed by atoms with E-state index in [4.69, 9.17) is 0 Å². The summed E-state index contributed by atoms with van der Waals surface area (Å²) in [4.78, 5) is 2.37. The van der Waals surface area contributed by atoms with Gasteiger partial charge >= 0.3 is 0 Å². The summed E-state index contributed by atoms with van der Waals surface area (Å²) in [6, 6.07) is 108. The Kier molecular flexibility index (Phi) is 10.8. The lowest BCUT2D eigenvalue weighted by atomic mass is 9.96. The van der Waals surface area contributed by atoms with Crippen molar-refractivity contribution < 1.29 is 0 Å². The highest BCUT2D eigenvalue weighted by atomic mass is 15.1. The van der Waals surface area contributed by atoms with Gasteiger partial charge in [0.25, 0.3) is 0 Å². The summed E-state index contributed by atoms with van der Waals surface area (Å²) in [7, 11) is 0. The monoisotopic (exact) mass is 955 g/mol. The number of para-hydroxylation sites is 4. The number of hydrogen-bond acceptors (Lipinski definition) is 1. The lowest BCUT2D eigenvalue weighted by molar-refractivity contribution is 1.18. The summed E-state index contributed by atoms with van der Waals surface area (Å²) in [6.45, 7) is 0. The fourth-order valence-corrected chi connectivity index (χ4v) is 11.3. The first-order valence-electron chi connectivity index (χ1n) is 25.7. The smallest absolute Gasteiger partial charge is 0.0541 e. The lowest BCUT2D eigenvalue weighted by Crippen LogP contribution is -2.09. The zero-order valence-corrected chi connectivity index (χ0v) is 41.1. The third-order valence-electron chi connectivity index (χ3n) is 14.9. The Morgan fingerprint density at radius 1 is 0.187 bits per heavy atom. The van der Waals surface area contributed by atoms with Gasteiger partial charge in [-0.3, -0.25) is 0 Å². The van der Waals surface area contributed by atoms with Crippen molar-refractivity contribution in [1.82, 2.24) is 9.13 Å². The van der Waals surface area contributed by atoms with E-state index in [1.807, 2.05) is 0 Å². The molecule has 0 saturated heterocycles. The third kappa shape index (κ3) is 7.95. The van der Waals surface area contributed by atoms with E-state index in [0.717, 1.165) is 45.1 Å². The molecule has 0 bridgehead atoms. The van der Waals surface area contributed by atoms with Crippen LogP contribution in [0.2, 0.25) is 0 Å². The summed E-state index contributed by atoms with van der Waals surface area (Å²) in [5.41, 5.74) is 22.1. The molecule has 2 aromatic heterocycles. The molecule has 0 radical (unpaired) electrons. The van der Waals surface area contributed by atoms with Crippen LogP contribution >= 0.6 is 0 Å². The van der Waals surface area contributed by atoms with Gasteiger partial charge in [-0.2, -0.15) is 0 Å². The van der Waals surface area contributed by atoms with Gasteiger partial charge in [-0.05, 0) is 153 Å². The Hall–Kier alpha value is -9.96. The maximum absolute atomic E-state index is 2.39. The molecule has 2 heterocycles. The Labute approximate surface area is 436 Å². The predicted octanol–water partition coefficient (Wildman–Crippen LogP) is 19.7. The molecule has 0 aliphatic rings. The van der Waals surface area contributed by atoms with Crippen LogP contribution in [0, 0.1) is 0 Å². The summed E-state index contributed by atoms with van der Waals surface area (Å²) in [6.07, 6.45) is 0. The summed E-state index contributed by atoms with van der Waals surface area (Å²) in [5.74, 6) is 0. The van der Waals surface area contributed by atoms with Gasteiger partial charge in [-0.25, -0.2) is 0 Å². The van der Waals surface area contributed by atoms with Crippen molar-refractivity contribution >= 4 is 60.7 Å². The number of nitrogens with zero attached hydrogens (tertiary/aromatic N) is 3. The van der Waals surface area contributed by atoms with Crippen LogP contribution in [0.1, 0.15) is 0 Å². The highest BCUT2D eigenvalue weighted by Gasteiger charge is 2.17. The molecular formula is C72H49N3. The van der Waals surface area contributed by atoms with Crippen molar-refractivity contribution in [2.45, 2.75) is 0 Å². The Bertz CT molecular complexity index is 4080. The van der Waals surface area contributed by atoms with Gasteiger partial charge in [0.05, 0.1) is 22.1 Å². The van der Waals surface area contributed by atoms with Gasteiger partial charge < -0.3 is 14.0 Å². The van der Waals surface area contributed by atoms with Gasteiger partial charge in [0, 0.05) is 50.0 Å². The van der Waals surface area contributed by atoms with Crippen LogP contribution in [0.3, 0.4) is 0 Å². The highest BCUT2D eigenvalue weighted by Crippen LogP contribution is 2.40. The summed E-state index contributed by atoms with van der Waals surface area (Å²) < 4.78 is 4.77. The second-order valence-corrected chi connectivity index (χ2v) is 19.3. The Balaban J connectivity index is 0.818. The number of hydrogen-bond donors (Lipinski definition) is 0. The van der Waals surface area contributed by atoms with Gasteiger partial charge in [-0.15, -0.1) is 0 Å². The first kappa shape index (κ1) is 43.8. The van der Waals surface area contributed by atoms with E-state index >= 15 is 0 Å². The van der Waals surface area contributed by atoms with E-state index in [9.17, 15) is 0 Å². The van der Waals surface area contributed by atoms with E-state index < -0.39 is 0 Å². The van der Waals surface area contributed by atoms with Crippen LogP contribution in [-0.4, -0.2) is 9.13 Å². The molecule has 0 amide bonds. The molecule has 0 fully saturated rings. The maximum Gasteiger partial charge on any atom is 0.0541 e. The molecule has 0 N–H and O–H groups in total. The van der Waals surface area contributed by atoms with E-state index in [2.05, 4.69) is 311 Å². The van der Waals surface area contributed by atoms with E-state index in [1.54, 1.807) is 0 Å². The third-order valence-corrected chi connectivity index (χ3v) is 14.9. The number of anilines is 3. The minimum absolute atomic E-state index is 1.08. The van der Waals surface area contributed by atoms with Crippen molar-refractivity contribution in [1.29, 1.82) is 0 Å². The molecule has 0 aliphatic heterocycles. The quantitative estimate of drug-likeness (QED) is 0.133. The molecule has 14 rings (SSSR count). The summed E-state index contributed by atoms with van der Waals surface area (Å²) >= 11 is 0. The largest absolute Gasteiger partial charge is 0.311 e. The molecule has 352 valence electrons. The Morgan fingerprint density at radius 3 is 0.787 bits per heavy atom. The molecule has 3 heteroatoms. The van der Waals surface area contributed by atoms with E-state index in [-0.39, 0.29) is 0 Å². The van der Waals surface area contributed by atoms with Gasteiger partial charge in [0.1, 0.15) is 0 Å². The van der Waals surface area contributed by atoms with Crippen molar-refractivity contribution in [3.8, 4) is 67.0 Å². The topological polar surface area (TPSA) is 13.1 Å². The second kappa shape index (κ2) is 18.6. The summed E-state index contributed by atoms with van der Waals surface area (Å²) in [5, 5.41) is 5.04. The predicted molar refractivity (Wildman–Crippen MR) is 317 cm³/mol. The second-order valence-electron chi connectivity index (χ2n) is 19.3. The number of rotatable bonds is 10. The molecule has 14 aromatic rings. The number of fused-ring (bicyclic) bond motifs is 6. The molecule has 0 atom stereocenters. The first-order valence-corrected chi connectivity index (χ1v) is 25.7. The van der Waals surface area contributed by atoms with E-state index in [0.29, 0.717) is 0 Å². The highest BCUT2D eigenvalue weighted by molar-refractivity contribution is 6.10.